The number of nitrogens with two attached hydrogens (primary N) is 1. The van der Waals surface area contributed by atoms with E-state index in [0.717, 1.165) is 0 Å². The third kappa shape index (κ3) is 1.73. The van der Waals surface area contributed by atoms with E-state index in [4.69, 9.17) is 5.73 Å². The molecular weight excluding hydrogens is 138 g/mol. The van der Waals surface area contributed by atoms with Gasteiger partial charge in [0.15, 0.2) is 0 Å². The van der Waals surface area contributed by atoms with Gasteiger partial charge in [-0.15, -0.1) is 0 Å². The van der Waals surface area contributed by atoms with Crippen molar-refractivity contribution in [2.24, 2.45) is 5.92 Å². The predicted molar refractivity (Wildman–Crippen MR) is 46.2 cm³/mol. The van der Waals surface area contributed by atoms with Gasteiger partial charge in [0.05, 0.1) is 6.04 Å². The average molecular weight is 153 g/mol. The molecule has 1 rings (SSSR count). The molecule has 0 spiro atoms. The summed E-state index contributed by atoms with van der Waals surface area (Å²) in [6, 6.07) is 2.24. The van der Waals surface area contributed by atoms with Crippen LogP contribution in [0.4, 0.5) is 5.82 Å². The minimum atomic E-state index is 0.423. The first-order valence-electron chi connectivity index (χ1n) is 3.92. The first kappa shape index (κ1) is 8.11. The fraction of sp³-hybridized carbons (Fsp3) is 0.625. The number of nitrogen functional groups attached to an aromatic ring is 1. The van der Waals surface area contributed by atoms with Crippen molar-refractivity contribution in [1.82, 2.24) is 9.78 Å². The van der Waals surface area contributed by atoms with Crippen LogP contribution in [0.15, 0.2) is 12.3 Å². The van der Waals surface area contributed by atoms with E-state index in [2.05, 4.69) is 25.9 Å². The second-order valence-corrected chi connectivity index (χ2v) is 3.21. The molecule has 1 aromatic heterocycles. The summed E-state index contributed by atoms with van der Waals surface area (Å²) in [6.45, 7) is 6.47. The van der Waals surface area contributed by atoms with Gasteiger partial charge in [-0.25, -0.2) is 0 Å². The molecule has 0 aliphatic rings. The highest BCUT2D eigenvalue weighted by molar-refractivity contribution is 5.23. The Labute approximate surface area is 67.2 Å². The molecule has 0 fully saturated rings. The minimum absolute atomic E-state index is 0.423. The Morgan fingerprint density at radius 3 is 2.45 bits per heavy atom. The Balaban J connectivity index is 2.76. The van der Waals surface area contributed by atoms with Gasteiger partial charge in [-0.05, 0) is 18.9 Å². The van der Waals surface area contributed by atoms with Crippen molar-refractivity contribution in [2.45, 2.75) is 26.8 Å². The number of rotatable bonds is 2. The van der Waals surface area contributed by atoms with Crippen LogP contribution in [0.5, 0.6) is 0 Å². The zero-order valence-corrected chi connectivity index (χ0v) is 7.28. The Morgan fingerprint density at radius 2 is 2.09 bits per heavy atom. The predicted octanol–water partition coefficient (Wildman–Crippen LogP) is 1.68. The molecule has 62 valence electrons. The first-order valence-corrected chi connectivity index (χ1v) is 3.92. The summed E-state index contributed by atoms with van der Waals surface area (Å²) in [7, 11) is 0. The van der Waals surface area contributed by atoms with Crippen molar-refractivity contribution in [3.63, 3.8) is 0 Å². The quantitative estimate of drug-likeness (QED) is 0.702. The molecule has 0 saturated carbocycles. The Hall–Kier alpha value is -0.990. The topological polar surface area (TPSA) is 43.8 Å². The molecule has 0 aromatic carbocycles. The number of hydrogen-bond donors (Lipinski definition) is 1. The molecule has 1 aromatic rings. The lowest BCUT2D eigenvalue weighted by Crippen LogP contribution is -2.12. The highest BCUT2D eigenvalue weighted by Crippen LogP contribution is 2.15. The first-order chi connectivity index (χ1) is 5.11. The molecule has 1 heterocycles. The smallest absolute Gasteiger partial charge is 0.145 e. The second kappa shape index (κ2) is 2.95. The third-order valence-electron chi connectivity index (χ3n) is 2.01. The molecule has 0 saturated heterocycles. The molecule has 3 nitrogen and oxygen atoms in total. The van der Waals surface area contributed by atoms with Gasteiger partial charge in [0, 0.05) is 6.20 Å². The molecule has 11 heavy (non-hydrogen) atoms. The van der Waals surface area contributed by atoms with Crippen molar-refractivity contribution >= 4 is 5.82 Å². The molecule has 0 aliphatic heterocycles. The van der Waals surface area contributed by atoms with Gasteiger partial charge in [-0.2, -0.15) is 5.10 Å². The van der Waals surface area contributed by atoms with Crippen molar-refractivity contribution in [3.8, 4) is 0 Å². The highest BCUT2D eigenvalue weighted by atomic mass is 15.3. The van der Waals surface area contributed by atoms with Crippen LogP contribution in [0, 0.1) is 5.92 Å². The number of nitrogens with zero attached hydrogens (tertiary/aromatic N) is 2. The lowest BCUT2D eigenvalue weighted by molar-refractivity contribution is 0.376. The van der Waals surface area contributed by atoms with E-state index in [1.165, 1.54) is 0 Å². The minimum Gasteiger partial charge on any atom is -0.382 e. The lowest BCUT2D eigenvalue weighted by atomic mass is 10.1. The van der Waals surface area contributed by atoms with Crippen molar-refractivity contribution < 1.29 is 0 Å². The summed E-state index contributed by atoms with van der Waals surface area (Å²) < 4.78 is 1.90. The number of hydrogen-bond acceptors (Lipinski definition) is 2. The Kier molecular flexibility index (Phi) is 2.17. The van der Waals surface area contributed by atoms with E-state index >= 15 is 0 Å². The molecule has 2 N–H and O–H groups in total. The summed E-state index contributed by atoms with van der Waals surface area (Å²) >= 11 is 0. The van der Waals surface area contributed by atoms with Crippen LogP contribution in [0.25, 0.3) is 0 Å². The number of anilines is 1. The molecule has 0 bridgehead atoms. The van der Waals surface area contributed by atoms with Crippen molar-refractivity contribution in [2.75, 3.05) is 5.73 Å². The fourth-order valence-electron chi connectivity index (χ4n) is 0.885. The van der Waals surface area contributed by atoms with Crippen LogP contribution >= 0.6 is 0 Å². The van der Waals surface area contributed by atoms with Crippen LogP contribution in [0.3, 0.4) is 0 Å². The van der Waals surface area contributed by atoms with Gasteiger partial charge in [0.25, 0.3) is 0 Å². The third-order valence-corrected chi connectivity index (χ3v) is 2.01. The zero-order valence-electron chi connectivity index (χ0n) is 7.28. The average Bonchev–Trinajstić information content (AvgIpc) is 2.34. The zero-order chi connectivity index (χ0) is 8.43. The molecule has 0 radical (unpaired) electrons. The maximum atomic E-state index is 5.48. The highest BCUT2D eigenvalue weighted by Gasteiger charge is 2.08. The summed E-state index contributed by atoms with van der Waals surface area (Å²) in [6.07, 6.45) is 1.92. The van der Waals surface area contributed by atoms with Gasteiger partial charge >= 0.3 is 0 Å². The molecule has 0 aliphatic carbocycles. The van der Waals surface area contributed by atoms with E-state index in [0.29, 0.717) is 17.8 Å². The van der Waals surface area contributed by atoms with E-state index in [-0.39, 0.29) is 0 Å². The van der Waals surface area contributed by atoms with E-state index in [9.17, 15) is 0 Å². The monoisotopic (exact) mass is 153 g/mol. The maximum absolute atomic E-state index is 5.48. The Bertz CT molecular complexity index is 227. The van der Waals surface area contributed by atoms with Crippen LogP contribution in [-0.4, -0.2) is 9.78 Å². The molecule has 1 unspecified atom stereocenters. The van der Waals surface area contributed by atoms with Crippen LogP contribution in [0.1, 0.15) is 26.8 Å². The molecule has 0 amide bonds. The fourth-order valence-corrected chi connectivity index (χ4v) is 0.885. The van der Waals surface area contributed by atoms with Crippen molar-refractivity contribution in [1.29, 1.82) is 0 Å². The van der Waals surface area contributed by atoms with Crippen LogP contribution in [0.2, 0.25) is 0 Å². The van der Waals surface area contributed by atoms with Crippen LogP contribution in [-0.2, 0) is 0 Å². The molecule has 1 atom stereocenters. The van der Waals surface area contributed by atoms with Gasteiger partial charge in [0.2, 0.25) is 0 Å². The van der Waals surface area contributed by atoms with Gasteiger partial charge < -0.3 is 5.73 Å². The SMILES string of the molecule is CC(C)C(C)n1ccc(N)n1. The van der Waals surface area contributed by atoms with Crippen LogP contribution < -0.4 is 5.73 Å². The van der Waals surface area contributed by atoms with Crippen molar-refractivity contribution in [3.05, 3.63) is 12.3 Å². The summed E-state index contributed by atoms with van der Waals surface area (Å²) in [4.78, 5) is 0. The van der Waals surface area contributed by atoms with Gasteiger partial charge in [-0.3, -0.25) is 4.68 Å². The summed E-state index contributed by atoms with van der Waals surface area (Å²) in [5.74, 6) is 1.19. The molecular formula is C8H15N3. The largest absolute Gasteiger partial charge is 0.382 e. The summed E-state index contributed by atoms with van der Waals surface area (Å²) in [5, 5.41) is 4.13. The number of aromatic nitrogens is 2. The van der Waals surface area contributed by atoms with Gasteiger partial charge in [0.1, 0.15) is 5.82 Å². The Morgan fingerprint density at radius 1 is 1.45 bits per heavy atom. The normalized spacial score (nSPS) is 13.8. The van der Waals surface area contributed by atoms with E-state index < -0.39 is 0 Å². The maximum Gasteiger partial charge on any atom is 0.145 e. The second-order valence-electron chi connectivity index (χ2n) is 3.21. The lowest BCUT2D eigenvalue weighted by Gasteiger charge is -2.15. The van der Waals surface area contributed by atoms with E-state index in [1.807, 2.05) is 16.9 Å². The summed E-state index contributed by atoms with van der Waals surface area (Å²) in [5.41, 5.74) is 5.48. The van der Waals surface area contributed by atoms with Gasteiger partial charge in [-0.1, -0.05) is 13.8 Å². The van der Waals surface area contributed by atoms with E-state index in [1.54, 1.807) is 0 Å². The molecule has 3 heteroatoms. The standard InChI is InChI=1S/C8H15N3/c1-6(2)7(3)11-5-4-8(9)10-11/h4-7H,1-3H3,(H2,9,10).